The van der Waals surface area contributed by atoms with Crippen LogP contribution in [0.2, 0.25) is 0 Å². The van der Waals surface area contributed by atoms with Crippen molar-refractivity contribution in [3.63, 3.8) is 0 Å². The largest absolute Gasteiger partial charge is 0.376 e. The van der Waals surface area contributed by atoms with Gasteiger partial charge in [-0.05, 0) is 57.1 Å². The van der Waals surface area contributed by atoms with Crippen molar-refractivity contribution in [2.75, 3.05) is 49.5 Å². The molecule has 170 valence electrons. The van der Waals surface area contributed by atoms with E-state index in [0.717, 1.165) is 62.8 Å². The van der Waals surface area contributed by atoms with Gasteiger partial charge in [-0.2, -0.15) is 4.99 Å². The molecule has 0 spiro atoms. The Kier molecular flexibility index (Phi) is 7.43. The van der Waals surface area contributed by atoms with Gasteiger partial charge in [-0.1, -0.05) is 6.07 Å². The van der Waals surface area contributed by atoms with E-state index in [1.807, 2.05) is 44.3 Å². The Bertz CT molecular complexity index is 920. The second-order valence-electron chi connectivity index (χ2n) is 8.02. The lowest BCUT2D eigenvalue weighted by molar-refractivity contribution is 0.114. The molecule has 2 N–H and O–H groups in total. The first-order chi connectivity index (χ1) is 15.6. The summed E-state index contributed by atoms with van der Waals surface area (Å²) in [7, 11) is 0. The van der Waals surface area contributed by atoms with Gasteiger partial charge in [0.15, 0.2) is 5.11 Å². The Labute approximate surface area is 194 Å². The van der Waals surface area contributed by atoms with Crippen LogP contribution >= 0.6 is 12.2 Å². The first-order valence-corrected chi connectivity index (χ1v) is 11.5. The molecule has 32 heavy (non-hydrogen) atoms. The van der Waals surface area contributed by atoms with Crippen LogP contribution in [0.25, 0.3) is 0 Å². The second-order valence-corrected chi connectivity index (χ2v) is 8.40. The number of guanidine groups is 1. The van der Waals surface area contributed by atoms with Crippen molar-refractivity contribution in [1.82, 2.24) is 25.2 Å². The highest BCUT2D eigenvalue weighted by Crippen LogP contribution is 2.14. The van der Waals surface area contributed by atoms with Crippen LogP contribution in [-0.4, -0.2) is 76.4 Å². The van der Waals surface area contributed by atoms with Crippen LogP contribution in [0, 0.1) is 13.8 Å². The lowest BCUT2D eigenvalue weighted by Gasteiger charge is -2.36. The van der Waals surface area contributed by atoms with Crippen molar-refractivity contribution in [2.24, 2.45) is 4.99 Å². The summed E-state index contributed by atoms with van der Waals surface area (Å²) >= 11 is 5.52. The van der Waals surface area contributed by atoms with Crippen molar-refractivity contribution in [2.45, 2.75) is 32.8 Å². The Morgan fingerprint density at radius 2 is 1.97 bits per heavy atom. The van der Waals surface area contributed by atoms with Crippen molar-refractivity contribution in [3.8, 4) is 0 Å². The van der Waals surface area contributed by atoms with Gasteiger partial charge in [0.2, 0.25) is 11.9 Å². The molecule has 0 aliphatic carbocycles. The molecule has 2 fully saturated rings. The van der Waals surface area contributed by atoms with Crippen LogP contribution in [0.15, 0.2) is 35.5 Å². The number of aryl methyl sites for hydroxylation is 2. The summed E-state index contributed by atoms with van der Waals surface area (Å²) in [5.74, 6) is 2.17. The predicted octanol–water partition coefficient (Wildman–Crippen LogP) is 2.13. The molecule has 1 atom stereocenters. The molecule has 2 aliphatic heterocycles. The smallest absolute Gasteiger partial charge is 0.229 e. The summed E-state index contributed by atoms with van der Waals surface area (Å²) in [6, 6.07) is 7.93. The van der Waals surface area contributed by atoms with Gasteiger partial charge in [0, 0.05) is 56.9 Å². The third-order valence-corrected chi connectivity index (χ3v) is 5.71. The summed E-state index contributed by atoms with van der Waals surface area (Å²) in [6.45, 7) is 8.63. The van der Waals surface area contributed by atoms with E-state index in [1.165, 1.54) is 0 Å². The van der Waals surface area contributed by atoms with Gasteiger partial charge in [0.1, 0.15) is 5.82 Å². The Hall–Kier alpha value is -2.85. The van der Waals surface area contributed by atoms with Crippen molar-refractivity contribution >= 4 is 35.1 Å². The Balaban J connectivity index is 1.45. The quantitative estimate of drug-likeness (QED) is 0.410. The van der Waals surface area contributed by atoms with Gasteiger partial charge < -0.3 is 19.9 Å². The minimum absolute atomic E-state index is 0.198. The highest BCUT2D eigenvalue weighted by Gasteiger charge is 2.22. The maximum atomic E-state index is 5.67. The van der Waals surface area contributed by atoms with E-state index >= 15 is 0 Å². The molecule has 4 heterocycles. The lowest BCUT2D eigenvalue weighted by Crippen LogP contribution is -2.51. The number of hydrogen-bond acceptors (Lipinski definition) is 6. The van der Waals surface area contributed by atoms with Gasteiger partial charge in [-0.25, -0.2) is 15.0 Å². The summed E-state index contributed by atoms with van der Waals surface area (Å²) in [5, 5.41) is 6.96. The molecule has 1 unspecified atom stereocenters. The molecule has 2 aromatic rings. The first kappa shape index (κ1) is 22.3. The molecule has 0 aromatic carbocycles. The molecular formula is C22H30N8OS. The standard InChI is InChI=1S/C22H30N8OS/c1-16-14-17(2)26-20(25-16)27-21(28-22(32)24-15-18-6-5-13-31-18)30-11-9-29(10-12-30)19-7-3-4-8-23-19/h3-4,7-8,14,18H,5-6,9-13,15H2,1-2H3,(H2,24,25,26,27,28,32). The van der Waals surface area contributed by atoms with Crippen LogP contribution in [0.1, 0.15) is 24.2 Å². The SMILES string of the molecule is Cc1cc(C)nc(N/C(=N/C(=S)NCC2CCCO2)N2CCN(c3ccccn3)CC2)n1. The minimum Gasteiger partial charge on any atom is -0.376 e. The van der Waals surface area contributed by atoms with Crippen molar-refractivity contribution in [3.05, 3.63) is 41.9 Å². The molecule has 0 amide bonds. The topological polar surface area (TPSA) is 90.8 Å². The zero-order chi connectivity index (χ0) is 22.3. The summed E-state index contributed by atoms with van der Waals surface area (Å²) in [6.07, 6.45) is 4.17. The first-order valence-electron chi connectivity index (χ1n) is 11.1. The van der Waals surface area contributed by atoms with Crippen molar-refractivity contribution < 1.29 is 4.74 Å². The van der Waals surface area contributed by atoms with Crippen LogP contribution in [0.4, 0.5) is 11.8 Å². The minimum atomic E-state index is 0.198. The number of pyridine rings is 1. The fourth-order valence-corrected chi connectivity index (χ4v) is 4.06. The number of aliphatic imine (C=N–C) groups is 1. The lowest BCUT2D eigenvalue weighted by atomic mass is 10.2. The zero-order valence-corrected chi connectivity index (χ0v) is 19.4. The van der Waals surface area contributed by atoms with Gasteiger partial charge in [0.05, 0.1) is 6.10 Å². The van der Waals surface area contributed by atoms with Gasteiger partial charge in [-0.15, -0.1) is 0 Å². The molecule has 2 aliphatic rings. The van der Waals surface area contributed by atoms with E-state index < -0.39 is 0 Å². The number of aromatic nitrogens is 3. The van der Waals surface area contributed by atoms with Crippen molar-refractivity contribution in [1.29, 1.82) is 0 Å². The Morgan fingerprint density at radius 3 is 2.62 bits per heavy atom. The average Bonchev–Trinajstić information content (AvgIpc) is 3.31. The molecule has 4 rings (SSSR count). The van der Waals surface area contributed by atoms with E-state index in [-0.39, 0.29) is 6.10 Å². The number of thiocarbonyl (C=S) groups is 1. The normalized spacial score (nSPS) is 19.2. The van der Waals surface area contributed by atoms with E-state index in [2.05, 4.69) is 35.4 Å². The highest BCUT2D eigenvalue weighted by molar-refractivity contribution is 7.80. The monoisotopic (exact) mass is 454 g/mol. The number of rotatable bonds is 4. The number of ether oxygens (including phenoxy) is 1. The summed E-state index contributed by atoms with van der Waals surface area (Å²) in [5.41, 5.74) is 1.80. The molecule has 0 saturated carbocycles. The number of nitrogens with zero attached hydrogens (tertiary/aromatic N) is 6. The molecule has 2 aromatic heterocycles. The molecule has 0 radical (unpaired) electrons. The van der Waals surface area contributed by atoms with E-state index in [1.54, 1.807) is 0 Å². The van der Waals surface area contributed by atoms with E-state index in [4.69, 9.17) is 21.9 Å². The molecule has 0 bridgehead atoms. The number of piperazine rings is 1. The van der Waals surface area contributed by atoms with E-state index in [9.17, 15) is 0 Å². The average molecular weight is 455 g/mol. The van der Waals surface area contributed by atoms with Gasteiger partial charge in [0.25, 0.3) is 0 Å². The number of nitrogens with one attached hydrogen (secondary N) is 2. The second kappa shape index (κ2) is 10.6. The highest BCUT2D eigenvalue weighted by atomic mass is 32.1. The fourth-order valence-electron chi connectivity index (χ4n) is 3.89. The fraction of sp³-hybridized carbons (Fsp3) is 0.500. The molecular weight excluding hydrogens is 424 g/mol. The van der Waals surface area contributed by atoms with Crippen LogP contribution < -0.4 is 15.5 Å². The number of hydrogen-bond donors (Lipinski definition) is 2. The zero-order valence-electron chi connectivity index (χ0n) is 18.6. The van der Waals surface area contributed by atoms with Crippen LogP contribution in [0.5, 0.6) is 0 Å². The number of anilines is 2. The maximum absolute atomic E-state index is 5.67. The predicted molar refractivity (Wildman–Crippen MR) is 130 cm³/mol. The van der Waals surface area contributed by atoms with E-state index in [0.29, 0.717) is 23.6 Å². The molecule has 2 saturated heterocycles. The third kappa shape index (κ3) is 6.10. The summed E-state index contributed by atoms with van der Waals surface area (Å²) in [4.78, 5) is 22.6. The third-order valence-electron chi connectivity index (χ3n) is 5.47. The van der Waals surface area contributed by atoms with Crippen LogP contribution in [-0.2, 0) is 4.74 Å². The Morgan fingerprint density at radius 1 is 1.19 bits per heavy atom. The molecule has 10 heteroatoms. The van der Waals surface area contributed by atoms with Crippen LogP contribution in [0.3, 0.4) is 0 Å². The van der Waals surface area contributed by atoms with Gasteiger partial charge in [-0.3, -0.25) is 5.32 Å². The maximum Gasteiger partial charge on any atom is 0.229 e. The summed E-state index contributed by atoms with van der Waals surface area (Å²) < 4.78 is 5.67. The van der Waals surface area contributed by atoms with Gasteiger partial charge >= 0.3 is 0 Å². The molecule has 9 nitrogen and oxygen atoms in total.